The van der Waals surface area contributed by atoms with Crippen LogP contribution in [-0.4, -0.2) is 27.9 Å². The van der Waals surface area contributed by atoms with E-state index in [9.17, 15) is 23.1 Å². The predicted octanol–water partition coefficient (Wildman–Crippen LogP) is 3.61. The Morgan fingerprint density at radius 3 is 2.30 bits per heavy atom. The maximum atomic E-state index is 13.8. The summed E-state index contributed by atoms with van der Waals surface area (Å²) in [6, 6.07) is 12.3. The Morgan fingerprint density at radius 2 is 1.70 bits per heavy atom. The largest absolute Gasteiger partial charge is 0.437 e. The summed E-state index contributed by atoms with van der Waals surface area (Å²) in [5.41, 5.74) is -3.31. The van der Waals surface area contributed by atoms with Crippen molar-refractivity contribution < 1.29 is 23.1 Å². The lowest BCUT2D eigenvalue weighted by molar-refractivity contribution is -0.285. The molecule has 1 heterocycles. The predicted molar refractivity (Wildman–Crippen MR) is 98.3 cm³/mol. The first kappa shape index (κ1) is 19.6. The van der Waals surface area contributed by atoms with Crippen molar-refractivity contribution in [3.63, 3.8) is 0 Å². The Balaban J connectivity index is 2.19. The molecule has 0 amide bonds. The lowest BCUT2D eigenvalue weighted by Gasteiger charge is -2.46. The van der Waals surface area contributed by atoms with Crippen molar-refractivity contribution in [3.8, 4) is 0 Å². The second-order valence-electron chi connectivity index (χ2n) is 6.07. The third-order valence-electron chi connectivity index (χ3n) is 4.39. The van der Waals surface area contributed by atoms with Gasteiger partial charge in [-0.2, -0.15) is 13.2 Å². The van der Waals surface area contributed by atoms with Crippen LogP contribution in [0.2, 0.25) is 5.02 Å². The molecule has 3 atom stereocenters. The Labute approximate surface area is 163 Å². The molecule has 2 aromatic rings. The van der Waals surface area contributed by atoms with Crippen LogP contribution in [0.3, 0.4) is 0 Å². The van der Waals surface area contributed by atoms with Gasteiger partial charge in [-0.15, -0.1) is 0 Å². The van der Waals surface area contributed by atoms with Gasteiger partial charge in [0.2, 0.25) is 5.72 Å². The van der Waals surface area contributed by atoms with Crippen LogP contribution in [0, 0.1) is 5.92 Å². The number of rotatable bonds is 3. The molecule has 4 nitrogen and oxygen atoms in total. The maximum Gasteiger partial charge on any atom is 0.437 e. The molecular formula is C18H14ClF3N2O2S. The summed E-state index contributed by atoms with van der Waals surface area (Å²) in [5, 5.41) is 14.8. The monoisotopic (exact) mass is 414 g/mol. The first-order chi connectivity index (χ1) is 12.6. The van der Waals surface area contributed by atoms with E-state index >= 15 is 0 Å². The highest BCUT2D eigenvalue weighted by molar-refractivity contribution is 7.80. The van der Waals surface area contributed by atoms with Crippen LogP contribution in [0.1, 0.15) is 22.0 Å². The van der Waals surface area contributed by atoms with Gasteiger partial charge in [0.25, 0.3) is 0 Å². The topological polar surface area (TPSA) is 61.4 Å². The molecule has 0 radical (unpaired) electrons. The SMILES string of the molecule is O=C(c1ccccc1)[C@@H]1[C@@H](c2ccccc2Cl)NC(=S)N[C@@]1(O)C(F)(F)F. The van der Waals surface area contributed by atoms with Crippen molar-refractivity contribution in [2.45, 2.75) is 17.9 Å². The highest BCUT2D eigenvalue weighted by Gasteiger charge is 2.65. The van der Waals surface area contributed by atoms with Gasteiger partial charge in [-0.1, -0.05) is 60.1 Å². The summed E-state index contributed by atoms with van der Waals surface area (Å²) in [6.45, 7) is 0. The lowest BCUT2D eigenvalue weighted by Crippen LogP contribution is -2.72. The zero-order valence-electron chi connectivity index (χ0n) is 13.6. The van der Waals surface area contributed by atoms with Gasteiger partial charge in [0.1, 0.15) is 5.92 Å². The van der Waals surface area contributed by atoms with E-state index in [0.717, 1.165) is 0 Å². The molecule has 1 fully saturated rings. The number of carbonyl (C=O) groups excluding carboxylic acids is 1. The van der Waals surface area contributed by atoms with Crippen molar-refractivity contribution in [3.05, 3.63) is 70.7 Å². The van der Waals surface area contributed by atoms with Gasteiger partial charge in [-0.3, -0.25) is 4.79 Å². The van der Waals surface area contributed by atoms with E-state index in [1.54, 1.807) is 18.2 Å². The molecule has 3 N–H and O–H groups in total. The number of aliphatic hydroxyl groups is 1. The highest BCUT2D eigenvalue weighted by Crippen LogP contribution is 2.45. The fourth-order valence-corrected chi connectivity index (χ4v) is 3.64. The summed E-state index contributed by atoms with van der Waals surface area (Å²) in [4.78, 5) is 13.0. The Bertz CT molecular complexity index is 878. The van der Waals surface area contributed by atoms with Crippen LogP contribution >= 0.6 is 23.8 Å². The van der Waals surface area contributed by atoms with Crippen LogP contribution in [0.5, 0.6) is 0 Å². The molecule has 2 aromatic carbocycles. The molecule has 0 spiro atoms. The summed E-state index contributed by atoms with van der Waals surface area (Å²) >= 11 is 11.0. The van der Waals surface area contributed by atoms with Crippen molar-refractivity contribution >= 4 is 34.7 Å². The van der Waals surface area contributed by atoms with Crippen LogP contribution in [0.25, 0.3) is 0 Å². The molecule has 142 valence electrons. The number of Topliss-reactive ketones (excluding diaryl/α,β-unsaturated/α-hetero) is 1. The number of hydrogen-bond donors (Lipinski definition) is 3. The Hall–Kier alpha value is -2.16. The van der Waals surface area contributed by atoms with Crippen LogP contribution in [0.15, 0.2) is 54.6 Å². The molecule has 27 heavy (non-hydrogen) atoms. The van der Waals surface area contributed by atoms with Crippen molar-refractivity contribution in [2.24, 2.45) is 5.92 Å². The summed E-state index contributed by atoms with van der Waals surface area (Å²) in [5.74, 6) is -2.87. The van der Waals surface area contributed by atoms with E-state index in [2.05, 4.69) is 5.32 Å². The lowest BCUT2D eigenvalue weighted by atomic mass is 9.77. The summed E-state index contributed by atoms with van der Waals surface area (Å²) < 4.78 is 41.5. The quantitative estimate of drug-likeness (QED) is 0.529. The van der Waals surface area contributed by atoms with Gasteiger partial charge in [0, 0.05) is 10.6 Å². The molecule has 1 aliphatic heterocycles. The van der Waals surface area contributed by atoms with E-state index < -0.39 is 34.8 Å². The minimum absolute atomic E-state index is 0.0265. The van der Waals surface area contributed by atoms with Crippen molar-refractivity contribution in [2.75, 3.05) is 0 Å². The number of ketones is 1. The number of carbonyl (C=O) groups is 1. The number of thiocarbonyl (C=S) groups is 1. The van der Waals surface area contributed by atoms with E-state index in [4.69, 9.17) is 23.8 Å². The molecule has 0 saturated carbocycles. The minimum Gasteiger partial charge on any atom is -0.363 e. The van der Waals surface area contributed by atoms with Crippen molar-refractivity contribution in [1.82, 2.24) is 10.6 Å². The molecule has 0 aliphatic carbocycles. The third-order valence-corrected chi connectivity index (χ3v) is 4.95. The number of alkyl halides is 3. The molecular weight excluding hydrogens is 401 g/mol. The van der Waals surface area contributed by atoms with Gasteiger partial charge in [-0.05, 0) is 23.8 Å². The van der Waals surface area contributed by atoms with Gasteiger partial charge in [0.05, 0.1) is 6.04 Å². The van der Waals surface area contributed by atoms with Crippen molar-refractivity contribution in [1.29, 1.82) is 0 Å². The summed E-state index contributed by atoms with van der Waals surface area (Å²) in [6.07, 6.45) is -5.17. The van der Waals surface area contributed by atoms with E-state index in [0.29, 0.717) is 0 Å². The van der Waals surface area contributed by atoms with Gasteiger partial charge < -0.3 is 15.7 Å². The minimum atomic E-state index is -5.17. The number of hydrogen-bond acceptors (Lipinski definition) is 3. The third kappa shape index (κ3) is 3.52. The fraction of sp³-hybridized carbons (Fsp3) is 0.222. The summed E-state index contributed by atoms with van der Waals surface area (Å²) in [7, 11) is 0. The molecule has 0 bridgehead atoms. The molecule has 1 aliphatic rings. The van der Waals surface area contributed by atoms with Gasteiger partial charge in [0.15, 0.2) is 10.9 Å². The van der Waals surface area contributed by atoms with Crippen LogP contribution < -0.4 is 10.6 Å². The Kier molecular flexibility index (Phi) is 5.16. The second-order valence-corrected chi connectivity index (χ2v) is 6.89. The Morgan fingerprint density at radius 1 is 1.11 bits per heavy atom. The van der Waals surface area contributed by atoms with Gasteiger partial charge in [-0.25, -0.2) is 0 Å². The number of halogens is 4. The molecule has 1 saturated heterocycles. The average molecular weight is 415 g/mol. The average Bonchev–Trinajstić information content (AvgIpc) is 2.61. The number of nitrogens with one attached hydrogen (secondary N) is 2. The first-order valence-corrected chi connectivity index (χ1v) is 8.65. The number of benzene rings is 2. The van der Waals surface area contributed by atoms with E-state index in [-0.39, 0.29) is 16.1 Å². The maximum absolute atomic E-state index is 13.8. The standard InChI is InChI=1S/C18H14ClF3N2O2S/c19-12-9-5-4-8-11(12)14-13(15(25)10-6-2-1-3-7-10)17(26,18(20,21)22)24-16(27)23-14/h1-9,13-14,26H,(H2,23,24,27)/t13-,14+,17-/m0/s1. The van der Waals surface area contributed by atoms with Crippen LogP contribution in [-0.2, 0) is 0 Å². The molecule has 0 unspecified atom stereocenters. The van der Waals surface area contributed by atoms with Gasteiger partial charge >= 0.3 is 6.18 Å². The van der Waals surface area contributed by atoms with Crippen LogP contribution in [0.4, 0.5) is 13.2 Å². The van der Waals surface area contributed by atoms with E-state index in [1.807, 2.05) is 5.32 Å². The normalized spacial score (nSPS) is 25.4. The van der Waals surface area contributed by atoms with E-state index in [1.165, 1.54) is 36.4 Å². The first-order valence-electron chi connectivity index (χ1n) is 7.86. The smallest absolute Gasteiger partial charge is 0.363 e. The highest BCUT2D eigenvalue weighted by atomic mass is 35.5. The molecule has 9 heteroatoms. The zero-order chi connectivity index (χ0) is 19.8. The zero-order valence-corrected chi connectivity index (χ0v) is 15.2. The fourth-order valence-electron chi connectivity index (χ4n) is 3.11. The second kappa shape index (κ2) is 7.10. The molecule has 3 rings (SSSR count). The molecule has 0 aromatic heterocycles.